The molecule has 2 fully saturated rings. The second-order valence-electron chi connectivity index (χ2n) is 5.53. The van der Waals surface area contributed by atoms with Crippen LogP contribution >= 0.6 is 11.6 Å². The van der Waals surface area contributed by atoms with E-state index >= 15 is 0 Å². The molecular formula is C15H17ClFNO3. The summed E-state index contributed by atoms with van der Waals surface area (Å²) >= 11 is 5.83. The van der Waals surface area contributed by atoms with E-state index in [-0.39, 0.29) is 29.5 Å². The summed E-state index contributed by atoms with van der Waals surface area (Å²) in [5.41, 5.74) is -0.0268. The number of halogens is 2. The van der Waals surface area contributed by atoms with Gasteiger partial charge in [0.2, 0.25) is 0 Å². The maximum atomic E-state index is 13.7. The molecule has 0 unspecified atom stereocenters. The Bertz CT molecular complexity index is 554. The van der Waals surface area contributed by atoms with Gasteiger partial charge in [-0.05, 0) is 24.6 Å². The fourth-order valence-corrected chi connectivity index (χ4v) is 3.51. The summed E-state index contributed by atoms with van der Waals surface area (Å²) in [6.07, 6.45) is 1.05. The summed E-state index contributed by atoms with van der Waals surface area (Å²) in [6.45, 7) is 1.22. The Morgan fingerprint density at radius 2 is 2.38 bits per heavy atom. The number of carbonyl (C=O) groups is 1. The van der Waals surface area contributed by atoms with Crippen LogP contribution in [0.15, 0.2) is 18.2 Å². The zero-order valence-electron chi connectivity index (χ0n) is 11.6. The smallest absolute Gasteiger partial charge is 0.254 e. The predicted molar refractivity (Wildman–Crippen MR) is 75.9 cm³/mol. The summed E-state index contributed by atoms with van der Waals surface area (Å²) in [7, 11) is 1.62. The number of benzene rings is 1. The molecule has 1 aliphatic heterocycles. The predicted octanol–water partition coefficient (Wildman–Crippen LogP) is 2.26. The van der Waals surface area contributed by atoms with Crippen molar-refractivity contribution in [3.63, 3.8) is 0 Å². The second-order valence-corrected chi connectivity index (χ2v) is 5.97. The highest BCUT2D eigenvalue weighted by atomic mass is 35.5. The largest absolute Gasteiger partial charge is 0.384 e. The molecule has 0 spiro atoms. The van der Waals surface area contributed by atoms with Crippen LogP contribution in [-0.4, -0.2) is 38.4 Å². The quantitative estimate of drug-likeness (QED) is 0.927. The van der Waals surface area contributed by atoms with Crippen molar-refractivity contribution in [2.45, 2.75) is 18.6 Å². The van der Waals surface area contributed by atoms with Gasteiger partial charge in [-0.1, -0.05) is 11.6 Å². The molecule has 4 atom stereocenters. The van der Waals surface area contributed by atoms with Gasteiger partial charge in [0, 0.05) is 36.6 Å². The second kappa shape index (κ2) is 5.91. The molecule has 0 radical (unpaired) electrons. The molecule has 3 rings (SSSR count). The van der Waals surface area contributed by atoms with E-state index in [1.54, 1.807) is 7.11 Å². The van der Waals surface area contributed by atoms with Gasteiger partial charge in [-0.15, -0.1) is 0 Å². The van der Waals surface area contributed by atoms with Crippen LogP contribution in [0, 0.1) is 17.7 Å². The summed E-state index contributed by atoms with van der Waals surface area (Å²) in [6, 6.07) is 3.93. The van der Waals surface area contributed by atoms with Gasteiger partial charge in [0.25, 0.3) is 5.91 Å². The Morgan fingerprint density at radius 3 is 3.14 bits per heavy atom. The van der Waals surface area contributed by atoms with Crippen LogP contribution < -0.4 is 5.32 Å². The fraction of sp³-hybridized carbons (Fsp3) is 0.533. The molecule has 1 saturated heterocycles. The number of methoxy groups -OCH3 is 1. The van der Waals surface area contributed by atoms with Gasteiger partial charge < -0.3 is 14.8 Å². The molecule has 4 nitrogen and oxygen atoms in total. The molecule has 114 valence electrons. The first-order valence-corrected chi connectivity index (χ1v) is 7.36. The highest BCUT2D eigenvalue weighted by Gasteiger charge is 2.54. The topological polar surface area (TPSA) is 47.6 Å². The molecule has 1 amide bonds. The SMILES string of the molecule is COC[C@H]1[C@@H](NC(=O)c2cc(Cl)ccc2F)[C@@H]2CCO[C@@H]21. The van der Waals surface area contributed by atoms with Crippen molar-refractivity contribution in [1.82, 2.24) is 5.32 Å². The van der Waals surface area contributed by atoms with Gasteiger partial charge in [0.15, 0.2) is 0 Å². The van der Waals surface area contributed by atoms with Gasteiger partial charge >= 0.3 is 0 Å². The minimum Gasteiger partial charge on any atom is -0.384 e. The molecule has 1 aromatic rings. The van der Waals surface area contributed by atoms with E-state index in [0.29, 0.717) is 18.2 Å². The third-order valence-corrected chi connectivity index (χ3v) is 4.59. The summed E-state index contributed by atoms with van der Waals surface area (Å²) in [5.74, 6) is -0.602. The number of carbonyl (C=O) groups excluding carboxylic acids is 1. The van der Waals surface area contributed by atoms with Crippen LogP contribution in [-0.2, 0) is 9.47 Å². The van der Waals surface area contributed by atoms with Gasteiger partial charge in [-0.25, -0.2) is 4.39 Å². The molecule has 0 aromatic heterocycles. The molecule has 2 aliphatic rings. The van der Waals surface area contributed by atoms with E-state index < -0.39 is 11.7 Å². The summed E-state index contributed by atoms with van der Waals surface area (Å²) in [5, 5.41) is 3.25. The van der Waals surface area contributed by atoms with E-state index in [0.717, 1.165) is 6.42 Å². The van der Waals surface area contributed by atoms with Crippen LogP contribution in [0.4, 0.5) is 4.39 Å². The molecule has 21 heavy (non-hydrogen) atoms. The van der Waals surface area contributed by atoms with Crippen molar-refractivity contribution in [1.29, 1.82) is 0 Å². The number of ether oxygens (including phenoxy) is 2. The van der Waals surface area contributed by atoms with Crippen LogP contribution in [0.5, 0.6) is 0 Å². The third kappa shape index (κ3) is 2.65. The van der Waals surface area contributed by atoms with Gasteiger partial charge in [-0.3, -0.25) is 4.79 Å². The molecular weight excluding hydrogens is 297 g/mol. The lowest BCUT2D eigenvalue weighted by Crippen LogP contribution is -2.62. The lowest BCUT2D eigenvalue weighted by Gasteiger charge is -2.47. The Morgan fingerprint density at radius 1 is 1.57 bits per heavy atom. The van der Waals surface area contributed by atoms with Crippen molar-refractivity contribution < 1.29 is 18.7 Å². The lowest BCUT2D eigenvalue weighted by atomic mass is 9.67. The standard InChI is InChI=1S/C15H17ClFNO3/c1-20-7-11-13(9-4-5-21-14(9)11)18-15(19)10-6-8(16)2-3-12(10)17/h2-3,6,9,11,13-14H,4-5,7H2,1H3,(H,18,19)/t9-,11-,13-,14-/m0/s1. The van der Waals surface area contributed by atoms with Gasteiger partial charge in [0.1, 0.15) is 5.82 Å². The first kappa shape index (κ1) is 14.8. The van der Waals surface area contributed by atoms with Gasteiger partial charge in [-0.2, -0.15) is 0 Å². The van der Waals surface area contributed by atoms with Crippen molar-refractivity contribution in [3.05, 3.63) is 34.6 Å². The molecule has 0 bridgehead atoms. The molecule has 1 aromatic carbocycles. The van der Waals surface area contributed by atoms with Crippen LogP contribution in [0.25, 0.3) is 0 Å². The first-order chi connectivity index (χ1) is 10.1. The normalized spacial score (nSPS) is 30.6. The zero-order chi connectivity index (χ0) is 15.0. The van der Waals surface area contributed by atoms with Crippen molar-refractivity contribution in [3.8, 4) is 0 Å². The highest BCUT2D eigenvalue weighted by molar-refractivity contribution is 6.31. The Labute approximate surface area is 127 Å². The van der Waals surface area contributed by atoms with E-state index in [1.165, 1.54) is 18.2 Å². The minimum absolute atomic E-state index is 0.0268. The number of amides is 1. The van der Waals surface area contributed by atoms with Crippen LogP contribution in [0.1, 0.15) is 16.8 Å². The molecule has 1 heterocycles. The average Bonchev–Trinajstić information content (AvgIpc) is 2.89. The molecule has 1 saturated carbocycles. The van der Waals surface area contributed by atoms with Crippen LogP contribution in [0.2, 0.25) is 5.02 Å². The molecule has 6 heteroatoms. The fourth-order valence-electron chi connectivity index (χ4n) is 3.34. The Balaban J connectivity index is 1.73. The third-order valence-electron chi connectivity index (χ3n) is 4.36. The average molecular weight is 314 g/mol. The summed E-state index contributed by atoms with van der Waals surface area (Å²) < 4.78 is 24.6. The molecule has 1 aliphatic carbocycles. The minimum atomic E-state index is -0.571. The molecule has 1 N–H and O–H groups in total. The number of hydrogen-bond acceptors (Lipinski definition) is 3. The van der Waals surface area contributed by atoms with E-state index in [9.17, 15) is 9.18 Å². The van der Waals surface area contributed by atoms with E-state index in [1.807, 2.05) is 0 Å². The Kier molecular flexibility index (Phi) is 4.15. The first-order valence-electron chi connectivity index (χ1n) is 6.98. The van der Waals surface area contributed by atoms with Gasteiger partial charge in [0.05, 0.1) is 18.3 Å². The van der Waals surface area contributed by atoms with Crippen molar-refractivity contribution in [2.75, 3.05) is 20.3 Å². The van der Waals surface area contributed by atoms with E-state index in [4.69, 9.17) is 21.1 Å². The monoisotopic (exact) mass is 313 g/mol. The van der Waals surface area contributed by atoms with E-state index in [2.05, 4.69) is 5.32 Å². The number of fused-ring (bicyclic) bond motifs is 1. The van der Waals surface area contributed by atoms with Crippen LogP contribution in [0.3, 0.4) is 0 Å². The maximum Gasteiger partial charge on any atom is 0.254 e. The summed E-state index contributed by atoms with van der Waals surface area (Å²) in [4.78, 5) is 12.3. The number of rotatable bonds is 4. The number of hydrogen-bond donors (Lipinski definition) is 1. The lowest BCUT2D eigenvalue weighted by molar-refractivity contribution is -0.0809. The number of nitrogens with one attached hydrogen (secondary N) is 1. The van der Waals surface area contributed by atoms with Crippen molar-refractivity contribution >= 4 is 17.5 Å². The highest BCUT2D eigenvalue weighted by Crippen LogP contribution is 2.43. The van der Waals surface area contributed by atoms with Crippen molar-refractivity contribution in [2.24, 2.45) is 11.8 Å². The maximum absolute atomic E-state index is 13.7. The zero-order valence-corrected chi connectivity index (χ0v) is 12.4. The Hall–Kier alpha value is -1.17.